The molecule has 0 radical (unpaired) electrons. The van der Waals surface area contributed by atoms with Crippen LogP contribution in [-0.4, -0.2) is 30.3 Å². The highest BCUT2D eigenvalue weighted by atomic mass is 35.5. The minimum absolute atomic E-state index is 0. The molecule has 0 saturated carbocycles. The summed E-state index contributed by atoms with van der Waals surface area (Å²) in [6.45, 7) is 3.17. The second kappa shape index (κ2) is 8.85. The molecule has 23 heavy (non-hydrogen) atoms. The molecule has 0 aliphatic carbocycles. The Morgan fingerprint density at radius 1 is 0.913 bits per heavy atom. The maximum atomic E-state index is 12.5. The normalized spacial score (nSPS) is 15.8. The average molecular weight is 330 g/mol. The van der Waals surface area contributed by atoms with Gasteiger partial charge < -0.3 is 4.90 Å². The van der Waals surface area contributed by atoms with Gasteiger partial charge in [0.1, 0.15) is 0 Å². The molecular formula is C20H24ClNO. The van der Waals surface area contributed by atoms with Crippen molar-refractivity contribution in [1.29, 1.82) is 0 Å². The third kappa shape index (κ3) is 4.92. The fraction of sp³-hybridized carbons (Fsp3) is 0.350. The summed E-state index contributed by atoms with van der Waals surface area (Å²) in [5.74, 6) is 0.527. The van der Waals surface area contributed by atoms with Crippen LogP contribution in [0.3, 0.4) is 0 Å². The van der Waals surface area contributed by atoms with Crippen molar-refractivity contribution in [2.24, 2.45) is 5.92 Å². The Bertz CT molecular complexity index is 592. The van der Waals surface area contributed by atoms with Gasteiger partial charge in [-0.05, 0) is 37.9 Å². The summed E-state index contributed by atoms with van der Waals surface area (Å²) < 4.78 is 0. The Morgan fingerprint density at radius 3 is 2.09 bits per heavy atom. The Labute approximate surface area is 144 Å². The summed E-state index contributed by atoms with van der Waals surface area (Å²) in [5.41, 5.74) is 2.26. The van der Waals surface area contributed by atoms with E-state index in [4.69, 9.17) is 0 Å². The van der Waals surface area contributed by atoms with E-state index in [-0.39, 0.29) is 18.3 Å². The molecule has 1 aliphatic rings. The highest BCUT2D eigenvalue weighted by Crippen LogP contribution is 2.22. The summed E-state index contributed by atoms with van der Waals surface area (Å²) in [5, 5.41) is 0. The summed E-state index contributed by atoms with van der Waals surface area (Å²) in [6.07, 6.45) is 3.07. The first-order valence-corrected chi connectivity index (χ1v) is 8.18. The summed E-state index contributed by atoms with van der Waals surface area (Å²) in [4.78, 5) is 15.0. The van der Waals surface area contributed by atoms with E-state index in [2.05, 4.69) is 35.2 Å². The molecule has 122 valence electrons. The van der Waals surface area contributed by atoms with Crippen molar-refractivity contribution in [3.63, 3.8) is 0 Å². The second-order valence-corrected chi connectivity index (χ2v) is 6.08. The van der Waals surface area contributed by atoms with E-state index >= 15 is 0 Å². The number of benzene rings is 2. The number of hydrogen-bond acceptors (Lipinski definition) is 2. The Morgan fingerprint density at radius 2 is 1.48 bits per heavy atom. The zero-order chi connectivity index (χ0) is 15.2. The number of halogens is 1. The van der Waals surface area contributed by atoms with Gasteiger partial charge in [0, 0.05) is 18.0 Å². The number of ketones is 1. The van der Waals surface area contributed by atoms with Crippen molar-refractivity contribution >= 4 is 18.2 Å². The maximum Gasteiger partial charge on any atom is 0.166 e. The molecule has 0 spiro atoms. The molecule has 0 aromatic heterocycles. The van der Waals surface area contributed by atoms with E-state index < -0.39 is 0 Å². The molecule has 1 saturated heterocycles. The molecular weight excluding hydrogens is 306 g/mol. The van der Waals surface area contributed by atoms with E-state index in [1.165, 1.54) is 5.56 Å². The number of Topliss-reactive ketones (excluding diaryl/α,β-unsaturated/α-hetero) is 1. The molecule has 1 heterocycles. The van der Waals surface area contributed by atoms with Gasteiger partial charge in [-0.1, -0.05) is 60.7 Å². The Hall–Kier alpha value is -1.64. The fourth-order valence-electron chi connectivity index (χ4n) is 3.19. The van der Waals surface area contributed by atoms with Crippen molar-refractivity contribution in [3.05, 3.63) is 71.8 Å². The Kier molecular flexibility index (Phi) is 6.82. The standard InChI is InChI=1S/C20H23NO.ClH/c22-20(18-9-5-2-6-10-18)19-12-15-21(16-13-19)14-11-17-7-3-1-4-8-17;/h1-10,19H,11-16H2;1H. The first-order chi connectivity index (χ1) is 10.8. The number of carbonyl (C=O) groups is 1. The number of piperidine rings is 1. The molecule has 2 nitrogen and oxygen atoms in total. The van der Waals surface area contributed by atoms with Gasteiger partial charge in [-0.3, -0.25) is 4.79 Å². The SMILES string of the molecule is Cl.O=C(c1ccccc1)C1CCN(CCc2ccccc2)CC1. The fourth-order valence-corrected chi connectivity index (χ4v) is 3.19. The lowest BCUT2D eigenvalue weighted by molar-refractivity contribution is 0.0841. The molecule has 0 unspecified atom stereocenters. The topological polar surface area (TPSA) is 20.3 Å². The smallest absolute Gasteiger partial charge is 0.166 e. The quantitative estimate of drug-likeness (QED) is 0.764. The van der Waals surface area contributed by atoms with E-state index in [9.17, 15) is 4.79 Å². The molecule has 3 rings (SSSR count). The molecule has 2 aromatic carbocycles. The van der Waals surface area contributed by atoms with Crippen molar-refractivity contribution in [2.75, 3.05) is 19.6 Å². The zero-order valence-electron chi connectivity index (χ0n) is 13.4. The highest BCUT2D eigenvalue weighted by molar-refractivity contribution is 5.97. The molecule has 3 heteroatoms. The third-order valence-electron chi connectivity index (χ3n) is 4.58. The molecule has 1 aliphatic heterocycles. The van der Waals surface area contributed by atoms with Crippen LogP contribution in [0.1, 0.15) is 28.8 Å². The van der Waals surface area contributed by atoms with Crippen molar-refractivity contribution in [2.45, 2.75) is 19.3 Å². The number of likely N-dealkylation sites (tertiary alicyclic amines) is 1. The number of hydrogen-bond donors (Lipinski definition) is 0. The molecule has 2 aromatic rings. The van der Waals surface area contributed by atoms with Crippen molar-refractivity contribution in [3.8, 4) is 0 Å². The van der Waals surface area contributed by atoms with Crippen LogP contribution in [-0.2, 0) is 6.42 Å². The van der Waals surface area contributed by atoms with Gasteiger partial charge in [0.05, 0.1) is 0 Å². The molecule has 0 bridgehead atoms. The minimum atomic E-state index is 0. The number of carbonyl (C=O) groups excluding carboxylic acids is 1. The summed E-state index contributed by atoms with van der Waals surface area (Å²) in [6, 6.07) is 20.4. The van der Waals surface area contributed by atoms with Gasteiger partial charge in [0.2, 0.25) is 0 Å². The second-order valence-electron chi connectivity index (χ2n) is 6.08. The molecule has 0 amide bonds. The van der Waals surface area contributed by atoms with Crippen LogP contribution >= 0.6 is 12.4 Å². The van der Waals surface area contributed by atoms with Crippen LogP contribution in [0, 0.1) is 5.92 Å². The third-order valence-corrected chi connectivity index (χ3v) is 4.58. The van der Waals surface area contributed by atoms with Gasteiger partial charge in [0.25, 0.3) is 0 Å². The van der Waals surface area contributed by atoms with Crippen LogP contribution in [0.15, 0.2) is 60.7 Å². The number of nitrogens with zero attached hydrogens (tertiary/aromatic N) is 1. The van der Waals surface area contributed by atoms with Crippen LogP contribution in [0.4, 0.5) is 0 Å². The monoisotopic (exact) mass is 329 g/mol. The first-order valence-electron chi connectivity index (χ1n) is 8.18. The predicted molar refractivity (Wildman–Crippen MR) is 97.3 cm³/mol. The molecule has 0 N–H and O–H groups in total. The average Bonchev–Trinajstić information content (AvgIpc) is 2.61. The van der Waals surface area contributed by atoms with E-state index in [1.807, 2.05) is 30.3 Å². The molecule has 0 atom stereocenters. The van der Waals surface area contributed by atoms with E-state index in [0.29, 0.717) is 5.78 Å². The lowest BCUT2D eigenvalue weighted by Crippen LogP contribution is -2.37. The van der Waals surface area contributed by atoms with Gasteiger partial charge in [0.15, 0.2) is 5.78 Å². The van der Waals surface area contributed by atoms with Gasteiger partial charge in [-0.2, -0.15) is 0 Å². The van der Waals surface area contributed by atoms with E-state index in [0.717, 1.165) is 44.5 Å². The van der Waals surface area contributed by atoms with E-state index in [1.54, 1.807) is 0 Å². The highest BCUT2D eigenvalue weighted by Gasteiger charge is 2.25. The summed E-state index contributed by atoms with van der Waals surface area (Å²) >= 11 is 0. The lowest BCUT2D eigenvalue weighted by Gasteiger charge is -2.31. The zero-order valence-corrected chi connectivity index (χ0v) is 14.2. The van der Waals surface area contributed by atoms with Gasteiger partial charge in [-0.25, -0.2) is 0 Å². The van der Waals surface area contributed by atoms with Crippen molar-refractivity contribution in [1.82, 2.24) is 4.90 Å². The van der Waals surface area contributed by atoms with Crippen LogP contribution < -0.4 is 0 Å². The minimum Gasteiger partial charge on any atom is -0.303 e. The van der Waals surface area contributed by atoms with Crippen LogP contribution in [0.5, 0.6) is 0 Å². The lowest BCUT2D eigenvalue weighted by atomic mass is 9.89. The molecule has 1 fully saturated rings. The maximum absolute atomic E-state index is 12.5. The largest absolute Gasteiger partial charge is 0.303 e. The van der Waals surface area contributed by atoms with Gasteiger partial charge >= 0.3 is 0 Å². The van der Waals surface area contributed by atoms with Crippen molar-refractivity contribution < 1.29 is 4.79 Å². The first kappa shape index (κ1) is 17.7. The predicted octanol–water partition coefficient (Wildman–Crippen LogP) is 4.25. The Balaban J connectivity index is 0.00000192. The summed E-state index contributed by atoms with van der Waals surface area (Å²) in [7, 11) is 0. The number of rotatable bonds is 5. The van der Waals surface area contributed by atoms with Crippen LogP contribution in [0.2, 0.25) is 0 Å². The van der Waals surface area contributed by atoms with Crippen LogP contribution in [0.25, 0.3) is 0 Å². The van der Waals surface area contributed by atoms with Gasteiger partial charge in [-0.15, -0.1) is 12.4 Å².